The van der Waals surface area contributed by atoms with Crippen molar-refractivity contribution in [3.63, 3.8) is 0 Å². The third-order valence-corrected chi connectivity index (χ3v) is 6.07. The minimum absolute atomic E-state index is 0.0673. The molecule has 2 aliphatic rings. The van der Waals surface area contributed by atoms with Crippen molar-refractivity contribution in [1.82, 2.24) is 0 Å². The minimum atomic E-state index is -0.136. The van der Waals surface area contributed by atoms with E-state index in [2.05, 4.69) is 34.1 Å². The van der Waals surface area contributed by atoms with E-state index in [0.29, 0.717) is 6.54 Å². The zero-order chi connectivity index (χ0) is 18.7. The molecule has 1 fully saturated rings. The van der Waals surface area contributed by atoms with E-state index in [9.17, 15) is 4.79 Å². The Labute approximate surface area is 164 Å². The molecule has 2 aliphatic heterocycles. The Balaban J connectivity index is 1.65. The van der Waals surface area contributed by atoms with Gasteiger partial charge < -0.3 is 16.0 Å². The summed E-state index contributed by atoms with van der Waals surface area (Å²) in [7, 11) is 0. The summed E-state index contributed by atoms with van der Waals surface area (Å²) in [4.78, 5) is 16.5. The predicted molar refractivity (Wildman–Crippen MR) is 115 cm³/mol. The van der Waals surface area contributed by atoms with Crippen LogP contribution in [0.1, 0.15) is 25.3 Å². The highest BCUT2D eigenvalue weighted by atomic mass is 32.2. The Bertz CT molecular complexity index is 874. The number of aliphatic imine (C=N–C) groups is 1. The lowest BCUT2D eigenvalue weighted by molar-refractivity contribution is -0.114. The van der Waals surface area contributed by atoms with Crippen LogP contribution < -0.4 is 16.0 Å². The van der Waals surface area contributed by atoms with Crippen LogP contribution in [0, 0.1) is 0 Å². The maximum absolute atomic E-state index is 11.5. The number of benzene rings is 2. The molecule has 0 unspecified atom stereocenters. The van der Waals surface area contributed by atoms with Crippen LogP contribution in [-0.4, -0.2) is 28.8 Å². The smallest absolute Gasteiger partial charge is 0.221 e. The number of amidine groups is 1. The van der Waals surface area contributed by atoms with Gasteiger partial charge in [-0.05, 0) is 48.1 Å². The molecule has 1 saturated heterocycles. The average molecular weight is 381 g/mol. The first-order valence-corrected chi connectivity index (χ1v) is 10.4. The van der Waals surface area contributed by atoms with E-state index in [4.69, 9.17) is 4.99 Å². The normalized spacial score (nSPS) is 19.1. The standard InChI is InChI=1S/C21H24N4OS/c1-15(26)23-17-7-3-2-6-16(17)14-22-20-21(10-12-27-13-11-21)25-19-9-5-4-8-18(19)24-20/h2-9,25H,10-14H2,1H3,(H,22,24)(H,23,26). The fourth-order valence-corrected chi connectivity index (χ4v) is 4.86. The van der Waals surface area contributed by atoms with E-state index < -0.39 is 0 Å². The highest BCUT2D eigenvalue weighted by Crippen LogP contribution is 2.38. The summed E-state index contributed by atoms with van der Waals surface area (Å²) in [5, 5.41) is 10.2. The Morgan fingerprint density at radius 2 is 1.81 bits per heavy atom. The van der Waals surface area contributed by atoms with Crippen molar-refractivity contribution >= 4 is 40.6 Å². The molecule has 0 radical (unpaired) electrons. The molecule has 6 heteroatoms. The van der Waals surface area contributed by atoms with Crippen molar-refractivity contribution in [2.75, 3.05) is 27.5 Å². The lowest BCUT2D eigenvalue weighted by Gasteiger charge is -2.43. The van der Waals surface area contributed by atoms with Gasteiger partial charge >= 0.3 is 0 Å². The van der Waals surface area contributed by atoms with Crippen molar-refractivity contribution in [3.05, 3.63) is 54.1 Å². The number of fused-ring (bicyclic) bond motifs is 1. The number of rotatable bonds is 3. The van der Waals surface area contributed by atoms with Gasteiger partial charge in [-0.3, -0.25) is 9.79 Å². The lowest BCUT2D eigenvalue weighted by atomic mass is 9.87. The first-order valence-electron chi connectivity index (χ1n) is 9.29. The molecule has 4 rings (SSSR count). The van der Waals surface area contributed by atoms with Crippen molar-refractivity contribution in [2.24, 2.45) is 4.99 Å². The summed E-state index contributed by atoms with van der Waals surface area (Å²) in [6.45, 7) is 2.05. The Morgan fingerprint density at radius 3 is 2.59 bits per heavy atom. The molecule has 1 spiro atoms. The maximum Gasteiger partial charge on any atom is 0.221 e. The van der Waals surface area contributed by atoms with Crippen molar-refractivity contribution in [1.29, 1.82) is 0 Å². The zero-order valence-corrected chi connectivity index (χ0v) is 16.2. The van der Waals surface area contributed by atoms with Crippen LogP contribution >= 0.6 is 11.8 Å². The molecule has 0 atom stereocenters. The summed E-state index contributed by atoms with van der Waals surface area (Å²) >= 11 is 2.00. The maximum atomic E-state index is 11.5. The molecule has 0 saturated carbocycles. The molecule has 3 N–H and O–H groups in total. The topological polar surface area (TPSA) is 65.5 Å². The van der Waals surface area contributed by atoms with Gasteiger partial charge in [-0.25, -0.2) is 0 Å². The predicted octanol–water partition coefficient (Wildman–Crippen LogP) is 4.35. The molecule has 140 valence electrons. The number of carbonyl (C=O) groups excluding carboxylic acids is 1. The van der Waals surface area contributed by atoms with Crippen molar-refractivity contribution < 1.29 is 4.79 Å². The second-order valence-corrected chi connectivity index (χ2v) is 8.22. The molecule has 5 nitrogen and oxygen atoms in total. The van der Waals surface area contributed by atoms with E-state index in [1.165, 1.54) is 6.92 Å². The minimum Gasteiger partial charge on any atom is -0.371 e. The van der Waals surface area contributed by atoms with Gasteiger partial charge in [0.15, 0.2) is 0 Å². The number of hydrogen-bond donors (Lipinski definition) is 3. The van der Waals surface area contributed by atoms with E-state index in [-0.39, 0.29) is 11.4 Å². The summed E-state index contributed by atoms with van der Waals surface area (Å²) in [5.74, 6) is 3.18. The largest absolute Gasteiger partial charge is 0.371 e. The summed E-state index contributed by atoms with van der Waals surface area (Å²) < 4.78 is 0. The first kappa shape index (κ1) is 17.9. The summed E-state index contributed by atoms with van der Waals surface area (Å²) in [5.41, 5.74) is 3.91. The zero-order valence-electron chi connectivity index (χ0n) is 15.4. The van der Waals surface area contributed by atoms with Gasteiger partial charge in [-0.15, -0.1) is 0 Å². The second kappa shape index (κ2) is 7.64. The van der Waals surface area contributed by atoms with Crippen LogP contribution in [0.4, 0.5) is 17.1 Å². The highest BCUT2D eigenvalue weighted by molar-refractivity contribution is 7.99. The van der Waals surface area contributed by atoms with Gasteiger partial charge in [0.1, 0.15) is 5.84 Å². The molecular formula is C21H24N4OS. The van der Waals surface area contributed by atoms with E-state index >= 15 is 0 Å². The van der Waals surface area contributed by atoms with Crippen molar-refractivity contribution in [2.45, 2.75) is 31.8 Å². The molecule has 2 aromatic rings. The van der Waals surface area contributed by atoms with Gasteiger partial charge in [-0.1, -0.05) is 30.3 Å². The van der Waals surface area contributed by atoms with Crippen LogP contribution in [0.2, 0.25) is 0 Å². The average Bonchev–Trinajstić information content (AvgIpc) is 2.67. The number of thioether (sulfide) groups is 1. The SMILES string of the molecule is CC(=O)Nc1ccccc1CN=C1Nc2ccccc2NC12CCSCC2. The van der Waals surface area contributed by atoms with Crippen LogP contribution in [0.3, 0.4) is 0 Å². The van der Waals surface area contributed by atoms with Gasteiger partial charge in [0, 0.05) is 12.6 Å². The lowest BCUT2D eigenvalue weighted by Crippen LogP contribution is -2.54. The Kier molecular flexibility index (Phi) is 5.07. The van der Waals surface area contributed by atoms with E-state index in [0.717, 1.165) is 52.8 Å². The number of nitrogens with one attached hydrogen (secondary N) is 3. The fourth-order valence-electron chi connectivity index (χ4n) is 3.67. The summed E-state index contributed by atoms with van der Waals surface area (Å²) in [6.07, 6.45) is 2.09. The third-order valence-electron chi connectivity index (χ3n) is 5.09. The van der Waals surface area contributed by atoms with Gasteiger partial charge in [0.2, 0.25) is 5.91 Å². The second-order valence-electron chi connectivity index (χ2n) is 6.99. The van der Waals surface area contributed by atoms with E-state index in [1.54, 1.807) is 0 Å². The molecule has 0 aliphatic carbocycles. The van der Waals surface area contributed by atoms with Crippen LogP contribution in [-0.2, 0) is 11.3 Å². The van der Waals surface area contributed by atoms with E-state index in [1.807, 2.05) is 42.1 Å². The van der Waals surface area contributed by atoms with Crippen LogP contribution in [0.15, 0.2) is 53.5 Å². The first-order chi connectivity index (χ1) is 13.2. The van der Waals surface area contributed by atoms with Gasteiger partial charge in [0.05, 0.1) is 23.5 Å². The number of nitrogens with zero attached hydrogens (tertiary/aromatic N) is 1. The van der Waals surface area contributed by atoms with Gasteiger partial charge in [0.25, 0.3) is 0 Å². The monoisotopic (exact) mass is 380 g/mol. The molecule has 1 amide bonds. The van der Waals surface area contributed by atoms with Crippen LogP contribution in [0.25, 0.3) is 0 Å². The van der Waals surface area contributed by atoms with Gasteiger partial charge in [-0.2, -0.15) is 11.8 Å². The number of hydrogen-bond acceptors (Lipinski definition) is 4. The molecule has 2 aromatic carbocycles. The molecule has 0 aromatic heterocycles. The van der Waals surface area contributed by atoms with Crippen molar-refractivity contribution in [3.8, 4) is 0 Å². The molecule has 2 heterocycles. The Morgan fingerprint density at radius 1 is 1.11 bits per heavy atom. The molecular weight excluding hydrogens is 356 g/mol. The van der Waals surface area contributed by atoms with Crippen LogP contribution in [0.5, 0.6) is 0 Å². The fraction of sp³-hybridized carbons (Fsp3) is 0.333. The number of para-hydroxylation sites is 3. The summed E-state index contributed by atoms with van der Waals surface area (Å²) in [6, 6.07) is 16.1. The Hall–Kier alpha value is -2.47. The molecule has 27 heavy (non-hydrogen) atoms. The number of anilines is 3. The number of amides is 1. The molecule has 0 bridgehead atoms. The number of carbonyl (C=O) groups is 1. The highest BCUT2D eigenvalue weighted by Gasteiger charge is 2.40. The quantitative estimate of drug-likeness (QED) is 0.741. The third kappa shape index (κ3) is 3.81.